The quantitative estimate of drug-likeness (QED) is 0.252. The Labute approximate surface area is 175 Å². The van der Waals surface area contributed by atoms with Crippen molar-refractivity contribution in [1.82, 2.24) is 0 Å². The summed E-state index contributed by atoms with van der Waals surface area (Å²) in [5.41, 5.74) is 1.79. The summed E-state index contributed by atoms with van der Waals surface area (Å²) in [4.78, 5) is 9.48. The van der Waals surface area contributed by atoms with Gasteiger partial charge < -0.3 is 24.4 Å². The van der Waals surface area contributed by atoms with Gasteiger partial charge in [-0.2, -0.15) is 0 Å². The summed E-state index contributed by atoms with van der Waals surface area (Å²) in [5.74, 6) is 1.29. The minimum Gasteiger partial charge on any atom is -0.497 e. The van der Waals surface area contributed by atoms with E-state index in [-0.39, 0.29) is 24.7 Å². The average molecular weight is 409 g/mol. The van der Waals surface area contributed by atoms with Gasteiger partial charge in [0, 0.05) is 24.2 Å². The number of hydrogen-bond donors (Lipinski definition) is 2. The highest BCUT2D eigenvalue weighted by atomic mass is 16.5. The Kier molecular flexibility index (Phi) is 18.8. The first-order valence-electron chi connectivity index (χ1n) is 9.32. The Morgan fingerprint density at radius 1 is 1.03 bits per heavy atom. The number of aliphatic hydroxyl groups is 2. The lowest BCUT2D eigenvalue weighted by atomic mass is 10.0. The van der Waals surface area contributed by atoms with Crippen molar-refractivity contribution in [3.63, 3.8) is 0 Å². The van der Waals surface area contributed by atoms with Gasteiger partial charge in [-0.3, -0.25) is 4.79 Å². The number of ether oxygens (including phenoxy) is 3. The summed E-state index contributed by atoms with van der Waals surface area (Å²) in [6, 6.07) is 7.77. The van der Waals surface area contributed by atoms with E-state index >= 15 is 0 Å². The molecular formula is C23H36O6. The maximum Gasteiger partial charge on any atom is 0.147 e. The van der Waals surface area contributed by atoms with Crippen molar-refractivity contribution in [1.29, 1.82) is 0 Å². The third-order valence-corrected chi connectivity index (χ3v) is 3.37. The highest BCUT2D eigenvalue weighted by molar-refractivity contribution is 5.72. The summed E-state index contributed by atoms with van der Waals surface area (Å²) in [5, 5.41) is 17.0. The minimum atomic E-state index is -0.233. The van der Waals surface area contributed by atoms with E-state index in [0.717, 1.165) is 11.3 Å². The summed E-state index contributed by atoms with van der Waals surface area (Å²) in [6.45, 7) is 15.4. The summed E-state index contributed by atoms with van der Waals surface area (Å²) in [6.07, 6.45) is 1.78. The average Bonchev–Trinajstić information content (AvgIpc) is 2.76. The van der Waals surface area contributed by atoms with Crippen LogP contribution in [0.2, 0.25) is 0 Å². The fraction of sp³-hybridized carbons (Fsp3) is 0.435. The zero-order chi connectivity index (χ0) is 22.7. The van der Waals surface area contributed by atoms with E-state index in [9.17, 15) is 4.79 Å². The molecule has 1 rings (SSSR count). The van der Waals surface area contributed by atoms with Gasteiger partial charge in [-0.25, -0.2) is 0 Å². The zero-order valence-corrected chi connectivity index (χ0v) is 18.1. The second kappa shape index (κ2) is 18.9. The van der Waals surface area contributed by atoms with Gasteiger partial charge in [-0.05, 0) is 17.7 Å². The van der Waals surface area contributed by atoms with Crippen molar-refractivity contribution in [2.75, 3.05) is 40.6 Å². The molecule has 0 aliphatic rings. The lowest BCUT2D eigenvalue weighted by molar-refractivity contribution is -0.105. The molecule has 0 saturated carbocycles. The van der Waals surface area contributed by atoms with E-state index in [1.807, 2.05) is 24.3 Å². The molecule has 1 aromatic carbocycles. The van der Waals surface area contributed by atoms with Gasteiger partial charge >= 0.3 is 0 Å². The first kappa shape index (κ1) is 28.8. The third kappa shape index (κ3) is 14.3. The minimum absolute atomic E-state index is 0.0779. The highest BCUT2D eigenvalue weighted by Gasteiger charge is 2.13. The number of rotatable bonds is 11. The van der Waals surface area contributed by atoms with Crippen LogP contribution in [0, 0.1) is 0 Å². The van der Waals surface area contributed by atoms with E-state index < -0.39 is 0 Å². The maximum absolute atomic E-state index is 9.48. The SMILES string of the molecule is C=C(C=O)CO.C=C(CO)C(=C)OCC(COC)c1ccc(OC)cc1.CCC. The zero-order valence-electron chi connectivity index (χ0n) is 18.1. The number of carbonyl (C=O) groups is 1. The van der Waals surface area contributed by atoms with Crippen LogP contribution >= 0.6 is 0 Å². The molecule has 0 aliphatic heterocycles. The van der Waals surface area contributed by atoms with E-state index in [1.54, 1.807) is 14.2 Å². The molecule has 29 heavy (non-hydrogen) atoms. The molecule has 0 aliphatic carbocycles. The molecule has 1 unspecified atom stereocenters. The topological polar surface area (TPSA) is 85.2 Å². The van der Waals surface area contributed by atoms with E-state index in [4.69, 9.17) is 24.4 Å². The van der Waals surface area contributed by atoms with Gasteiger partial charge in [0.15, 0.2) is 0 Å². The number of benzene rings is 1. The molecule has 0 heterocycles. The van der Waals surface area contributed by atoms with Gasteiger partial charge in [-0.15, -0.1) is 0 Å². The lowest BCUT2D eigenvalue weighted by Gasteiger charge is -2.19. The molecule has 1 atom stereocenters. The van der Waals surface area contributed by atoms with E-state index in [0.29, 0.717) is 30.8 Å². The lowest BCUT2D eigenvalue weighted by Crippen LogP contribution is -2.14. The molecule has 0 aromatic heterocycles. The standard InChI is InChI=1S/C16H22O4.C4H6O2.C3H8/c1-12(9-17)13(2)20-11-15(10-18-3)14-5-7-16(19-4)8-6-14;1-4(2-5)3-6;1-3-2/h5-8,15,17H,1-2,9-11H2,3-4H3;2,6H,1,3H2;3H2,1-2H3. The Hall–Kier alpha value is -2.41. The Balaban J connectivity index is 0. The number of aldehydes is 1. The van der Waals surface area contributed by atoms with Crippen LogP contribution in [0.15, 0.2) is 60.9 Å². The van der Waals surface area contributed by atoms with Gasteiger partial charge in [0.05, 0.1) is 33.5 Å². The summed E-state index contributed by atoms with van der Waals surface area (Å²) >= 11 is 0. The molecular weight excluding hydrogens is 372 g/mol. The highest BCUT2D eigenvalue weighted by Crippen LogP contribution is 2.21. The predicted molar refractivity (Wildman–Crippen MR) is 117 cm³/mol. The Morgan fingerprint density at radius 2 is 1.59 bits per heavy atom. The maximum atomic E-state index is 9.48. The molecule has 0 bridgehead atoms. The molecule has 6 nitrogen and oxygen atoms in total. The van der Waals surface area contributed by atoms with Gasteiger partial charge in [0.2, 0.25) is 0 Å². The molecule has 0 fully saturated rings. The second-order valence-electron chi connectivity index (χ2n) is 6.06. The molecule has 2 N–H and O–H groups in total. The van der Waals surface area contributed by atoms with Crippen molar-refractivity contribution in [3.05, 3.63) is 66.5 Å². The van der Waals surface area contributed by atoms with Crippen molar-refractivity contribution in [2.24, 2.45) is 0 Å². The Bertz CT molecular complexity index is 592. The molecule has 0 radical (unpaired) electrons. The van der Waals surface area contributed by atoms with Crippen LogP contribution in [0.25, 0.3) is 0 Å². The summed E-state index contributed by atoms with van der Waals surface area (Å²) < 4.78 is 15.9. The summed E-state index contributed by atoms with van der Waals surface area (Å²) in [7, 11) is 3.28. The number of aliphatic hydroxyl groups excluding tert-OH is 2. The van der Waals surface area contributed by atoms with Crippen LogP contribution in [0.3, 0.4) is 0 Å². The molecule has 0 spiro atoms. The molecule has 1 aromatic rings. The smallest absolute Gasteiger partial charge is 0.147 e. The number of hydrogen-bond acceptors (Lipinski definition) is 6. The van der Waals surface area contributed by atoms with Gasteiger partial charge in [-0.1, -0.05) is 52.1 Å². The fourth-order valence-electron chi connectivity index (χ4n) is 1.75. The van der Waals surface area contributed by atoms with Gasteiger partial charge in [0.25, 0.3) is 0 Å². The van der Waals surface area contributed by atoms with Gasteiger partial charge in [0.1, 0.15) is 17.8 Å². The fourth-order valence-corrected chi connectivity index (χ4v) is 1.75. The van der Waals surface area contributed by atoms with E-state index in [2.05, 4.69) is 33.6 Å². The van der Waals surface area contributed by atoms with Crippen LogP contribution < -0.4 is 4.74 Å². The van der Waals surface area contributed by atoms with Crippen LogP contribution in [0.5, 0.6) is 5.75 Å². The first-order valence-corrected chi connectivity index (χ1v) is 9.32. The van der Waals surface area contributed by atoms with Crippen LogP contribution in [-0.2, 0) is 14.3 Å². The number of carbonyl (C=O) groups excluding carboxylic acids is 1. The van der Waals surface area contributed by atoms with Crippen molar-refractivity contribution in [2.45, 2.75) is 26.2 Å². The predicted octanol–water partition coefficient (Wildman–Crippen LogP) is 3.65. The molecule has 0 amide bonds. The molecule has 0 saturated heterocycles. The first-order chi connectivity index (χ1) is 13.8. The van der Waals surface area contributed by atoms with Crippen LogP contribution in [0.4, 0.5) is 0 Å². The second-order valence-corrected chi connectivity index (χ2v) is 6.06. The molecule has 6 heteroatoms. The number of methoxy groups -OCH3 is 2. The third-order valence-electron chi connectivity index (χ3n) is 3.37. The van der Waals surface area contributed by atoms with Crippen molar-refractivity contribution >= 4 is 6.29 Å². The Morgan fingerprint density at radius 3 is 1.93 bits per heavy atom. The monoisotopic (exact) mass is 408 g/mol. The largest absolute Gasteiger partial charge is 0.497 e. The van der Waals surface area contributed by atoms with Crippen LogP contribution in [-0.4, -0.2) is 57.1 Å². The van der Waals surface area contributed by atoms with Crippen molar-refractivity contribution < 1.29 is 29.2 Å². The van der Waals surface area contributed by atoms with E-state index in [1.165, 1.54) is 6.42 Å². The van der Waals surface area contributed by atoms with Crippen LogP contribution in [0.1, 0.15) is 31.7 Å². The molecule has 164 valence electrons. The normalized spacial score (nSPS) is 10.3. The van der Waals surface area contributed by atoms with Crippen molar-refractivity contribution in [3.8, 4) is 5.75 Å².